The van der Waals surface area contributed by atoms with Gasteiger partial charge in [0.25, 0.3) is 5.91 Å². The van der Waals surface area contributed by atoms with Gasteiger partial charge >= 0.3 is 0 Å². The molecule has 0 spiro atoms. The molecule has 1 aliphatic rings. The molecule has 2 heterocycles. The quantitative estimate of drug-likeness (QED) is 0.866. The van der Waals surface area contributed by atoms with Gasteiger partial charge in [0.05, 0.1) is 11.4 Å². The molecule has 1 aliphatic heterocycles. The van der Waals surface area contributed by atoms with Gasteiger partial charge in [0.15, 0.2) is 11.2 Å². The molecular weight excluding hydrogens is 326 g/mol. The second-order valence-corrected chi connectivity index (χ2v) is 6.51. The normalized spacial score (nSPS) is 16.1. The molecule has 0 unspecified atom stereocenters. The lowest BCUT2D eigenvalue weighted by Gasteiger charge is -2.23. The van der Waals surface area contributed by atoms with Crippen LogP contribution in [-0.4, -0.2) is 22.9 Å². The first kappa shape index (κ1) is 16.4. The lowest BCUT2D eigenvalue weighted by atomic mass is 10.1. The average Bonchev–Trinajstić information content (AvgIpc) is 3.02. The fourth-order valence-corrected chi connectivity index (χ4v) is 3.09. The maximum Gasteiger partial charge on any atom is 0.265 e. The van der Waals surface area contributed by atoms with Crippen LogP contribution in [0.3, 0.4) is 0 Å². The van der Waals surface area contributed by atoms with Crippen molar-refractivity contribution in [3.05, 3.63) is 23.6 Å². The van der Waals surface area contributed by atoms with Crippen molar-refractivity contribution in [2.24, 2.45) is 0 Å². The number of nitrogens with zero attached hydrogens (tertiary/aromatic N) is 1. The molecule has 2 N–H and O–H groups in total. The topological polar surface area (TPSA) is 80.3 Å². The SMILES string of the molecule is CCCCC(=O)Nc1nc(-c2ccc3c(c2)NC(=O)[C@H](C)O3)cs1. The van der Waals surface area contributed by atoms with E-state index in [4.69, 9.17) is 4.74 Å². The summed E-state index contributed by atoms with van der Waals surface area (Å²) in [6.45, 7) is 3.76. The molecule has 2 aromatic rings. The molecule has 0 bridgehead atoms. The third-order valence-corrected chi connectivity index (χ3v) is 4.47. The summed E-state index contributed by atoms with van der Waals surface area (Å²) >= 11 is 1.38. The number of anilines is 2. The highest BCUT2D eigenvalue weighted by Crippen LogP contribution is 2.34. The standard InChI is InChI=1S/C17H19N3O3S/c1-3-4-5-15(21)20-17-19-13(9-24-17)11-6-7-14-12(8-11)18-16(22)10(2)23-14/h6-10H,3-5H2,1-2H3,(H,18,22)(H,19,20,21)/t10-/m0/s1. The van der Waals surface area contributed by atoms with Crippen LogP contribution in [0.15, 0.2) is 23.6 Å². The first-order valence-electron chi connectivity index (χ1n) is 7.94. The Morgan fingerprint density at radius 1 is 1.46 bits per heavy atom. The van der Waals surface area contributed by atoms with Crippen molar-refractivity contribution in [1.82, 2.24) is 4.98 Å². The van der Waals surface area contributed by atoms with Gasteiger partial charge in [0.2, 0.25) is 5.91 Å². The van der Waals surface area contributed by atoms with Crippen molar-refractivity contribution in [3.8, 4) is 17.0 Å². The molecule has 0 fully saturated rings. The highest BCUT2D eigenvalue weighted by molar-refractivity contribution is 7.14. The predicted molar refractivity (Wildman–Crippen MR) is 94.4 cm³/mol. The first-order chi connectivity index (χ1) is 11.6. The molecule has 7 heteroatoms. The van der Waals surface area contributed by atoms with E-state index in [2.05, 4.69) is 15.6 Å². The van der Waals surface area contributed by atoms with E-state index in [1.54, 1.807) is 6.92 Å². The molecule has 1 aromatic carbocycles. The summed E-state index contributed by atoms with van der Waals surface area (Å²) < 4.78 is 5.54. The number of unbranched alkanes of at least 4 members (excludes halogenated alkanes) is 1. The molecule has 126 valence electrons. The summed E-state index contributed by atoms with van der Waals surface area (Å²) in [7, 11) is 0. The molecule has 2 amide bonds. The lowest BCUT2D eigenvalue weighted by Crippen LogP contribution is -2.34. The Morgan fingerprint density at radius 2 is 2.29 bits per heavy atom. The number of carbonyl (C=O) groups excluding carboxylic acids is 2. The predicted octanol–water partition coefficient (Wildman–Crippen LogP) is 3.66. The van der Waals surface area contributed by atoms with Crippen LogP contribution >= 0.6 is 11.3 Å². The van der Waals surface area contributed by atoms with Gasteiger partial charge in [-0.15, -0.1) is 11.3 Å². The van der Waals surface area contributed by atoms with Crippen molar-refractivity contribution in [2.75, 3.05) is 10.6 Å². The van der Waals surface area contributed by atoms with Gasteiger partial charge in [0, 0.05) is 17.4 Å². The van der Waals surface area contributed by atoms with E-state index in [9.17, 15) is 9.59 Å². The molecular formula is C17H19N3O3S. The van der Waals surface area contributed by atoms with Crippen molar-refractivity contribution >= 4 is 34.0 Å². The van der Waals surface area contributed by atoms with E-state index < -0.39 is 6.10 Å². The van der Waals surface area contributed by atoms with Crippen molar-refractivity contribution < 1.29 is 14.3 Å². The third kappa shape index (κ3) is 3.56. The monoisotopic (exact) mass is 345 g/mol. The highest BCUT2D eigenvalue weighted by Gasteiger charge is 2.23. The van der Waals surface area contributed by atoms with E-state index in [1.807, 2.05) is 30.5 Å². The van der Waals surface area contributed by atoms with Gasteiger partial charge in [-0.1, -0.05) is 13.3 Å². The number of aromatic nitrogens is 1. The van der Waals surface area contributed by atoms with Gasteiger partial charge in [-0.2, -0.15) is 0 Å². The fourth-order valence-electron chi connectivity index (χ4n) is 2.35. The van der Waals surface area contributed by atoms with E-state index in [0.717, 1.165) is 24.1 Å². The molecule has 0 radical (unpaired) electrons. The van der Waals surface area contributed by atoms with Gasteiger partial charge < -0.3 is 15.4 Å². The Labute approximate surface area is 144 Å². The molecule has 24 heavy (non-hydrogen) atoms. The Morgan fingerprint density at radius 3 is 3.08 bits per heavy atom. The number of benzene rings is 1. The van der Waals surface area contributed by atoms with Crippen LogP contribution in [0.25, 0.3) is 11.3 Å². The summed E-state index contributed by atoms with van der Waals surface area (Å²) in [5.41, 5.74) is 2.25. The van der Waals surface area contributed by atoms with E-state index >= 15 is 0 Å². The number of amides is 2. The number of ether oxygens (including phenoxy) is 1. The minimum atomic E-state index is -0.493. The Kier molecular flexibility index (Phi) is 4.80. The number of nitrogens with one attached hydrogen (secondary N) is 2. The van der Waals surface area contributed by atoms with Gasteiger partial charge in [0.1, 0.15) is 5.75 Å². The number of thiazole rings is 1. The smallest absolute Gasteiger partial charge is 0.265 e. The molecule has 6 nitrogen and oxygen atoms in total. The van der Waals surface area contributed by atoms with Crippen molar-refractivity contribution in [2.45, 2.75) is 39.2 Å². The fraction of sp³-hybridized carbons (Fsp3) is 0.353. The minimum absolute atomic E-state index is 0.0159. The van der Waals surface area contributed by atoms with Gasteiger partial charge in [-0.25, -0.2) is 4.98 Å². The number of hydrogen-bond acceptors (Lipinski definition) is 5. The second kappa shape index (κ2) is 7.00. The lowest BCUT2D eigenvalue weighted by molar-refractivity contribution is -0.122. The molecule has 3 rings (SSSR count). The summed E-state index contributed by atoms with van der Waals surface area (Å²) in [6, 6.07) is 5.54. The van der Waals surface area contributed by atoms with Crippen LogP contribution in [0.2, 0.25) is 0 Å². The Hall–Kier alpha value is -2.41. The van der Waals surface area contributed by atoms with Gasteiger partial charge in [-0.05, 0) is 31.5 Å². The molecule has 1 atom stereocenters. The summed E-state index contributed by atoms with van der Waals surface area (Å²) in [5, 5.41) is 8.10. The summed E-state index contributed by atoms with van der Waals surface area (Å²) in [4.78, 5) is 27.9. The van der Waals surface area contributed by atoms with E-state index in [0.29, 0.717) is 23.0 Å². The van der Waals surface area contributed by atoms with Crippen LogP contribution in [0.4, 0.5) is 10.8 Å². The summed E-state index contributed by atoms with van der Waals surface area (Å²) in [5.74, 6) is 0.466. The minimum Gasteiger partial charge on any atom is -0.479 e. The maximum atomic E-state index is 11.8. The van der Waals surface area contributed by atoms with Crippen molar-refractivity contribution in [1.29, 1.82) is 0 Å². The zero-order chi connectivity index (χ0) is 17.1. The van der Waals surface area contributed by atoms with Crippen LogP contribution in [0.1, 0.15) is 33.1 Å². The van der Waals surface area contributed by atoms with Crippen LogP contribution in [0.5, 0.6) is 5.75 Å². The molecule has 1 aromatic heterocycles. The zero-order valence-electron chi connectivity index (χ0n) is 13.6. The Bertz CT molecular complexity index is 772. The maximum absolute atomic E-state index is 11.8. The number of fused-ring (bicyclic) bond motifs is 1. The third-order valence-electron chi connectivity index (χ3n) is 3.71. The van der Waals surface area contributed by atoms with Crippen molar-refractivity contribution in [3.63, 3.8) is 0 Å². The van der Waals surface area contributed by atoms with Gasteiger partial charge in [-0.3, -0.25) is 9.59 Å². The molecule has 0 aliphatic carbocycles. The van der Waals surface area contributed by atoms with Crippen LogP contribution in [-0.2, 0) is 9.59 Å². The number of carbonyl (C=O) groups is 2. The summed E-state index contributed by atoms with van der Waals surface area (Å²) in [6.07, 6.45) is 1.87. The molecule has 0 saturated carbocycles. The average molecular weight is 345 g/mol. The van der Waals surface area contributed by atoms with Crippen LogP contribution < -0.4 is 15.4 Å². The molecule has 0 saturated heterocycles. The van der Waals surface area contributed by atoms with E-state index in [1.165, 1.54) is 11.3 Å². The second-order valence-electron chi connectivity index (χ2n) is 5.65. The highest BCUT2D eigenvalue weighted by atomic mass is 32.1. The van der Waals surface area contributed by atoms with E-state index in [-0.39, 0.29) is 11.8 Å². The Balaban J connectivity index is 1.75. The first-order valence-corrected chi connectivity index (χ1v) is 8.82. The number of hydrogen-bond donors (Lipinski definition) is 2. The number of rotatable bonds is 5. The zero-order valence-corrected chi connectivity index (χ0v) is 14.4. The van der Waals surface area contributed by atoms with Crippen LogP contribution in [0, 0.1) is 0 Å². The largest absolute Gasteiger partial charge is 0.479 e.